The van der Waals surface area contributed by atoms with Crippen LogP contribution in [0.25, 0.3) is 10.2 Å². The van der Waals surface area contributed by atoms with E-state index in [1.54, 1.807) is 11.3 Å². The highest BCUT2D eigenvalue weighted by Gasteiger charge is 2.24. The van der Waals surface area contributed by atoms with Crippen LogP contribution >= 0.6 is 23.1 Å². The number of nitrogens with one attached hydrogen (secondary N) is 2. The number of nitrogens with zero attached hydrogens (tertiary/aromatic N) is 1. The molecule has 2 aromatic heterocycles. The third kappa shape index (κ3) is 4.32. The molecule has 0 saturated carbocycles. The molecule has 30 heavy (non-hydrogen) atoms. The maximum atomic E-state index is 12.8. The third-order valence-corrected chi connectivity index (χ3v) is 8.09. The minimum absolute atomic E-state index is 0.0752. The zero-order chi connectivity index (χ0) is 21.3. The smallest absolute Gasteiger partial charge is 0.260 e. The van der Waals surface area contributed by atoms with Crippen LogP contribution in [-0.4, -0.2) is 21.1 Å². The van der Waals surface area contributed by atoms with Gasteiger partial charge in [0.25, 0.3) is 5.56 Å². The predicted molar refractivity (Wildman–Crippen MR) is 126 cm³/mol. The predicted octanol–water partition coefficient (Wildman–Crippen LogP) is 5.18. The lowest BCUT2D eigenvalue weighted by atomic mass is 9.89. The first-order valence-corrected chi connectivity index (χ1v) is 12.3. The molecule has 2 unspecified atom stereocenters. The van der Waals surface area contributed by atoms with Crippen molar-refractivity contribution >= 4 is 44.9 Å². The lowest BCUT2D eigenvalue weighted by molar-refractivity contribution is -0.115. The van der Waals surface area contributed by atoms with Crippen molar-refractivity contribution < 1.29 is 4.79 Å². The fourth-order valence-corrected chi connectivity index (χ4v) is 6.23. The van der Waals surface area contributed by atoms with Gasteiger partial charge in [-0.05, 0) is 61.3 Å². The Bertz CT molecular complexity index is 1120. The molecule has 2 heterocycles. The lowest BCUT2D eigenvalue weighted by Gasteiger charge is -2.17. The summed E-state index contributed by atoms with van der Waals surface area (Å²) in [6, 6.07) is 7.90. The Morgan fingerprint density at radius 1 is 1.33 bits per heavy atom. The molecule has 0 saturated heterocycles. The highest BCUT2D eigenvalue weighted by Crippen LogP contribution is 2.36. The maximum Gasteiger partial charge on any atom is 0.260 e. The van der Waals surface area contributed by atoms with E-state index in [0.717, 1.165) is 41.6 Å². The molecule has 1 aromatic carbocycles. The van der Waals surface area contributed by atoms with Crippen molar-refractivity contribution in [3.8, 4) is 0 Å². The number of fused-ring (bicyclic) bond motifs is 3. The number of carbonyl (C=O) groups excluding carboxylic acids is 1. The Hall–Kier alpha value is -2.12. The number of hydrogen-bond donors (Lipinski definition) is 2. The van der Waals surface area contributed by atoms with Crippen molar-refractivity contribution in [2.45, 2.75) is 63.3 Å². The number of anilines is 1. The first-order chi connectivity index (χ1) is 14.5. The SMILES string of the molecule is CCc1ccc(NC(=O)C(CC)Sc2nc3sc4c(c3c(=O)[nH]2)CCC(C)C4)cc1. The number of aromatic nitrogens is 2. The number of thiophene rings is 1. The summed E-state index contributed by atoms with van der Waals surface area (Å²) in [5.41, 5.74) is 3.12. The highest BCUT2D eigenvalue weighted by atomic mass is 32.2. The van der Waals surface area contributed by atoms with Crippen LogP contribution in [-0.2, 0) is 24.1 Å². The number of hydrogen-bond acceptors (Lipinski definition) is 5. The second-order valence-corrected chi connectivity index (χ2v) is 10.2. The average Bonchev–Trinajstić information content (AvgIpc) is 3.10. The molecule has 0 spiro atoms. The largest absolute Gasteiger partial charge is 0.325 e. The van der Waals surface area contributed by atoms with Crippen LogP contribution in [0.5, 0.6) is 0 Å². The van der Waals surface area contributed by atoms with E-state index in [1.165, 1.54) is 27.8 Å². The Morgan fingerprint density at radius 2 is 2.10 bits per heavy atom. The molecule has 1 amide bonds. The number of amides is 1. The van der Waals surface area contributed by atoms with E-state index in [2.05, 4.69) is 24.1 Å². The van der Waals surface area contributed by atoms with Crippen molar-refractivity contribution in [2.75, 3.05) is 5.32 Å². The number of aromatic amines is 1. The first kappa shape index (κ1) is 21.1. The molecule has 2 atom stereocenters. The summed E-state index contributed by atoms with van der Waals surface area (Å²) >= 11 is 2.96. The Balaban J connectivity index is 1.54. The summed E-state index contributed by atoms with van der Waals surface area (Å²) in [6.07, 6.45) is 4.70. The van der Waals surface area contributed by atoms with Gasteiger partial charge in [0.2, 0.25) is 5.91 Å². The van der Waals surface area contributed by atoms with Gasteiger partial charge in [-0.2, -0.15) is 0 Å². The molecule has 5 nitrogen and oxygen atoms in total. The van der Waals surface area contributed by atoms with Gasteiger partial charge in [-0.15, -0.1) is 11.3 Å². The number of aryl methyl sites for hydroxylation is 2. The number of carbonyl (C=O) groups is 1. The summed E-state index contributed by atoms with van der Waals surface area (Å²) in [5.74, 6) is 0.576. The molecule has 4 rings (SSSR count). The Morgan fingerprint density at radius 3 is 2.80 bits per heavy atom. The molecule has 158 valence electrons. The molecular weight excluding hydrogens is 414 g/mol. The van der Waals surface area contributed by atoms with Gasteiger partial charge in [0.15, 0.2) is 5.16 Å². The van der Waals surface area contributed by atoms with Crippen LogP contribution in [0.3, 0.4) is 0 Å². The second kappa shape index (κ2) is 8.94. The average molecular weight is 442 g/mol. The normalized spacial score (nSPS) is 17.0. The summed E-state index contributed by atoms with van der Waals surface area (Å²) in [6.45, 7) is 6.33. The van der Waals surface area contributed by atoms with Gasteiger partial charge < -0.3 is 10.3 Å². The standard InChI is InChI=1S/C23H27N3O2S2/c1-4-14-7-9-15(10-8-14)24-20(27)17(5-2)30-23-25-21(28)19-16-11-6-13(3)12-18(16)29-22(19)26-23/h7-10,13,17H,4-6,11-12H2,1-3H3,(H,24,27)(H,25,26,28). The Labute approximate surface area is 184 Å². The van der Waals surface area contributed by atoms with Crippen LogP contribution in [0.2, 0.25) is 0 Å². The van der Waals surface area contributed by atoms with Crippen LogP contribution in [0.15, 0.2) is 34.2 Å². The summed E-state index contributed by atoms with van der Waals surface area (Å²) < 4.78 is 0. The van der Waals surface area contributed by atoms with Crippen molar-refractivity contribution in [2.24, 2.45) is 5.92 Å². The van der Waals surface area contributed by atoms with Crippen molar-refractivity contribution in [3.05, 3.63) is 50.6 Å². The number of rotatable bonds is 6. The molecule has 0 bridgehead atoms. The summed E-state index contributed by atoms with van der Waals surface area (Å²) in [7, 11) is 0. The molecular formula is C23H27N3O2S2. The third-order valence-electron chi connectivity index (χ3n) is 5.69. The minimum Gasteiger partial charge on any atom is -0.325 e. The van der Waals surface area contributed by atoms with E-state index in [9.17, 15) is 9.59 Å². The van der Waals surface area contributed by atoms with Crippen LogP contribution in [0.1, 0.15) is 49.6 Å². The van der Waals surface area contributed by atoms with Gasteiger partial charge >= 0.3 is 0 Å². The van der Waals surface area contributed by atoms with Gasteiger partial charge in [-0.25, -0.2) is 4.98 Å². The number of benzene rings is 1. The van der Waals surface area contributed by atoms with E-state index >= 15 is 0 Å². The zero-order valence-corrected chi connectivity index (χ0v) is 19.2. The molecule has 0 radical (unpaired) electrons. The van der Waals surface area contributed by atoms with Gasteiger partial charge in [-0.1, -0.05) is 44.7 Å². The van der Waals surface area contributed by atoms with E-state index in [-0.39, 0.29) is 16.7 Å². The summed E-state index contributed by atoms with van der Waals surface area (Å²) in [5, 5.41) is 3.92. The molecule has 1 aliphatic rings. The van der Waals surface area contributed by atoms with Crippen molar-refractivity contribution in [1.82, 2.24) is 9.97 Å². The van der Waals surface area contributed by atoms with Crippen LogP contribution in [0.4, 0.5) is 5.69 Å². The second-order valence-electron chi connectivity index (χ2n) is 7.96. The molecule has 3 aromatic rings. The van der Waals surface area contributed by atoms with E-state index in [1.807, 2.05) is 31.2 Å². The molecule has 0 aliphatic heterocycles. The lowest BCUT2D eigenvalue weighted by Crippen LogP contribution is -2.25. The zero-order valence-electron chi connectivity index (χ0n) is 17.6. The maximum absolute atomic E-state index is 12.8. The fraction of sp³-hybridized carbons (Fsp3) is 0.435. The highest BCUT2D eigenvalue weighted by molar-refractivity contribution is 8.00. The summed E-state index contributed by atoms with van der Waals surface area (Å²) in [4.78, 5) is 35.3. The molecule has 2 N–H and O–H groups in total. The van der Waals surface area contributed by atoms with Gasteiger partial charge in [0.1, 0.15) is 4.83 Å². The van der Waals surface area contributed by atoms with Crippen LogP contribution < -0.4 is 10.9 Å². The number of thioether (sulfide) groups is 1. The fourth-order valence-electron chi connectivity index (χ4n) is 3.89. The van der Waals surface area contributed by atoms with E-state index in [4.69, 9.17) is 4.98 Å². The van der Waals surface area contributed by atoms with Crippen molar-refractivity contribution in [1.29, 1.82) is 0 Å². The molecule has 0 fully saturated rings. The molecule has 7 heteroatoms. The topological polar surface area (TPSA) is 74.8 Å². The van der Waals surface area contributed by atoms with Gasteiger partial charge in [0, 0.05) is 10.6 Å². The van der Waals surface area contributed by atoms with Gasteiger partial charge in [0.05, 0.1) is 10.6 Å². The monoisotopic (exact) mass is 441 g/mol. The van der Waals surface area contributed by atoms with Gasteiger partial charge in [-0.3, -0.25) is 9.59 Å². The van der Waals surface area contributed by atoms with E-state index in [0.29, 0.717) is 17.5 Å². The Kier molecular flexibility index (Phi) is 6.29. The number of H-pyrrole nitrogens is 1. The van der Waals surface area contributed by atoms with E-state index < -0.39 is 0 Å². The quantitative estimate of drug-likeness (QED) is 0.408. The molecule has 1 aliphatic carbocycles. The first-order valence-electron chi connectivity index (χ1n) is 10.6. The minimum atomic E-state index is -0.328. The van der Waals surface area contributed by atoms with Crippen LogP contribution in [0, 0.1) is 5.92 Å². The van der Waals surface area contributed by atoms with Crippen molar-refractivity contribution in [3.63, 3.8) is 0 Å².